The third-order valence-electron chi connectivity index (χ3n) is 3.60. The summed E-state index contributed by atoms with van der Waals surface area (Å²) in [6.45, 7) is 4.42. The van der Waals surface area contributed by atoms with Crippen LogP contribution in [-0.2, 0) is 0 Å². The molecule has 19 heavy (non-hydrogen) atoms. The van der Waals surface area contributed by atoms with Gasteiger partial charge in [0.2, 0.25) is 5.88 Å². The largest absolute Gasteiger partial charge is 0.476 e. The summed E-state index contributed by atoms with van der Waals surface area (Å²) in [6, 6.07) is 0.644. The maximum atomic E-state index is 6.09. The van der Waals surface area contributed by atoms with Crippen molar-refractivity contribution in [3.63, 3.8) is 0 Å². The van der Waals surface area contributed by atoms with Crippen LogP contribution in [0.2, 0.25) is 0 Å². The minimum Gasteiger partial charge on any atom is -0.476 e. The van der Waals surface area contributed by atoms with Crippen LogP contribution in [0.5, 0.6) is 5.88 Å². The molecular formula is C13H23N5O. The molecule has 0 bridgehead atoms. The number of anilines is 2. The van der Waals surface area contributed by atoms with Crippen LogP contribution in [0.25, 0.3) is 0 Å². The average Bonchev–Trinajstić information content (AvgIpc) is 2.41. The third kappa shape index (κ3) is 3.07. The monoisotopic (exact) mass is 265 g/mol. The van der Waals surface area contributed by atoms with Crippen molar-refractivity contribution in [3.05, 3.63) is 6.33 Å². The van der Waals surface area contributed by atoms with Gasteiger partial charge in [-0.3, -0.25) is 0 Å². The summed E-state index contributed by atoms with van der Waals surface area (Å²) in [4.78, 5) is 12.9. The van der Waals surface area contributed by atoms with Crippen LogP contribution < -0.4 is 15.4 Å². The summed E-state index contributed by atoms with van der Waals surface area (Å²) in [7, 11) is 4.26. The number of hydrogen-bond acceptors (Lipinski definition) is 6. The highest BCUT2D eigenvalue weighted by Crippen LogP contribution is 2.30. The molecule has 0 spiro atoms. The van der Waals surface area contributed by atoms with Crippen LogP contribution in [0, 0.1) is 0 Å². The van der Waals surface area contributed by atoms with Crippen molar-refractivity contribution in [2.24, 2.45) is 0 Å². The van der Waals surface area contributed by atoms with Crippen molar-refractivity contribution in [1.82, 2.24) is 14.9 Å². The van der Waals surface area contributed by atoms with Crippen molar-refractivity contribution >= 4 is 11.5 Å². The molecule has 1 fully saturated rings. The van der Waals surface area contributed by atoms with Crippen LogP contribution in [0.15, 0.2) is 6.33 Å². The Morgan fingerprint density at radius 1 is 1.37 bits per heavy atom. The first kappa shape index (κ1) is 13.9. The Balaban J connectivity index is 2.09. The van der Waals surface area contributed by atoms with Crippen LogP contribution >= 0.6 is 0 Å². The Kier molecular flexibility index (Phi) is 4.42. The van der Waals surface area contributed by atoms with E-state index in [0.717, 1.165) is 31.7 Å². The molecule has 0 aliphatic carbocycles. The minimum absolute atomic E-state index is 0.488. The second-order valence-corrected chi connectivity index (χ2v) is 5.03. The quantitative estimate of drug-likeness (QED) is 0.875. The van der Waals surface area contributed by atoms with E-state index in [0.29, 0.717) is 24.2 Å². The summed E-state index contributed by atoms with van der Waals surface area (Å²) in [5.74, 6) is 1.29. The molecule has 0 saturated carbocycles. The Morgan fingerprint density at radius 2 is 2.05 bits per heavy atom. The molecular weight excluding hydrogens is 242 g/mol. The lowest BCUT2D eigenvalue weighted by Gasteiger charge is -2.36. The Bertz CT molecular complexity index is 415. The van der Waals surface area contributed by atoms with Gasteiger partial charge < -0.3 is 20.3 Å². The summed E-state index contributed by atoms with van der Waals surface area (Å²) in [5, 5.41) is 0. The fourth-order valence-electron chi connectivity index (χ4n) is 2.47. The predicted molar refractivity (Wildman–Crippen MR) is 76.5 cm³/mol. The number of hydrogen-bond donors (Lipinski definition) is 1. The SMILES string of the molecule is CCOc1ncnc(N2CCC(N(C)C)CC2)c1N. The zero-order chi connectivity index (χ0) is 13.8. The van der Waals surface area contributed by atoms with Gasteiger partial charge in [-0.25, -0.2) is 4.98 Å². The minimum atomic E-state index is 0.488. The molecule has 106 valence electrons. The fraction of sp³-hybridized carbons (Fsp3) is 0.692. The number of ether oxygens (including phenoxy) is 1. The van der Waals surface area contributed by atoms with Gasteiger partial charge in [0.25, 0.3) is 0 Å². The van der Waals surface area contributed by atoms with E-state index in [2.05, 4.69) is 33.9 Å². The number of aromatic nitrogens is 2. The van der Waals surface area contributed by atoms with E-state index in [4.69, 9.17) is 10.5 Å². The predicted octanol–water partition coefficient (Wildman–Crippen LogP) is 0.988. The standard InChI is InChI=1S/C13H23N5O/c1-4-19-13-11(14)12(15-9-16-13)18-7-5-10(6-8-18)17(2)3/h9-10H,4-8,14H2,1-3H3. The summed E-state index contributed by atoms with van der Waals surface area (Å²) in [5.41, 5.74) is 6.64. The Morgan fingerprint density at radius 3 is 2.63 bits per heavy atom. The van der Waals surface area contributed by atoms with E-state index in [1.807, 2.05) is 6.92 Å². The average molecular weight is 265 g/mol. The van der Waals surface area contributed by atoms with Gasteiger partial charge in [-0.05, 0) is 33.9 Å². The smallest absolute Gasteiger partial charge is 0.242 e. The molecule has 6 heteroatoms. The van der Waals surface area contributed by atoms with E-state index >= 15 is 0 Å². The van der Waals surface area contributed by atoms with Gasteiger partial charge in [0.1, 0.15) is 12.0 Å². The summed E-state index contributed by atoms with van der Waals surface area (Å²) in [6.07, 6.45) is 3.77. The maximum Gasteiger partial charge on any atom is 0.242 e. The first-order valence-electron chi connectivity index (χ1n) is 6.78. The molecule has 1 aromatic rings. The molecule has 2 rings (SSSR count). The van der Waals surface area contributed by atoms with Gasteiger partial charge in [-0.15, -0.1) is 0 Å². The van der Waals surface area contributed by atoms with Gasteiger partial charge in [-0.1, -0.05) is 0 Å². The Labute approximate surface area is 114 Å². The first-order chi connectivity index (χ1) is 9.13. The van der Waals surface area contributed by atoms with Crippen LogP contribution in [0.3, 0.4) is 0 Å². The highest BCUT2D eigenvalue weighted by Gasteiger charge is 2.23. The van der Waals surface area contributed by atoms with Crippen LogP contribution in [-0.4, -0.2) is 54.7 Å². The number of nitrogens with two attached hydrogens (primary N) is 1. The number of nitrogen functional groups attached to an aromatic ring is 1. The molecule has 1 saturated heterocycles. The van der Waals surface area contributed by atoms with E-state index in [1.165, 1.54) is 6.33 Å². The maximum absolute atomic E-state index is 6.09. The molecule has 6 nitrogen and oxygen atoms in total. The normalized spacial score (nSPS) is 16.9. The van der Waals surface area contributed by atoms with E-state index in [9.17, 15) is 0 Å². The molecule has 0 aromatic carbocycles. The van der Waals surface area contributed by atoms with Crippen molar-refractivity contribution in [2.75, 3.05) is 44.4 Å². The van der Waals surface area contributed by atoms with Crippen LogP contribution in [0.1, 0.15) is 19.8 Å². The Hall–Kier alpha value is -1.56. The zero-order valence-corrected chi connectivity index (χ0v) is 12.0. The third-order valence-corrected chi connectivity index (χ3v) is 3.60. The van der Waals surface area contributed by atoms with Crippen molar-refractivity contribution in [2.45, 2.75) is 25.8 Å². The van der Waals surface area contributed by atoms with E-state index < -0.39 is 0 Å². The molecule has 0 unspecified atom stereocenters. The van der Waals surface area contributed by atoms with Crippen molar-refractivity contribution in [3.8, 4) is 5.88 Å². The molecule has 1 aliphatic rings. The van der Waals surface area contributed by atoms with Gasteiger partial charge in [0, 0.05) is 19.1 Å². The lowest BCUT2D eigenvalue weighted by Crippen LogP contribution is -2.42. The molecule has 1 aromatic heterocycles. The van der Waals surface area contributed by atoms with Crippen molar-refractivity contribution in [1.29, 1.82) is 0 Å². The summed E-state index contributed by atoms with van der Waals surface area (Å²) < 4.78 is 5.42. The molecule has 0 radical (unpaired) electrons. The van der Waals surface area contributed by atoms with Gasteiger partial charge in [0.15, 0.2) is 5.82 Å². The van der Waals surface area contributed by atoms with Crippen LogP contribution in [0.4, 0.5) is 11.5 Å². The fourth-order valence-corrected chi connectivity index (χ4v) is 2.47. The van der Waals surface area contributed by atoms with Crippen molar-refractivity contribution < 1.29 is 4.74 Å². The first-order valence-corrected chi connectivity index (χ1v) is 6.78. The molecule has 2 N–H and O–H groups in total. The second kappa shape index (κ2) is 6.06. The topological polar surface area (TPSA) is 67.5 Å². The second-order valence-electron chi connectivity index (χ2n) is 5.03. The molecule has 0 amide bonds. The van der Waals surface area contributed by atoms with Gasteiger partial charge in [0.05, 0.1) is 6.61 Å². The lowest BCUT2D eigenvalue weighted by atomic mass is 10.0. The molecule has 1 aliphatic heterocycles. The highest BCUT2D eigenvalue weighted by atomic mass is 16.5. The highest BCUT2D eigenvalue weighted by molar-refractivity contribution is 5.67. The lowest BCUT2D eigenvalue weighted by molar-refractivity contribution is 0.249. The van der Waals surface area contributed by atoms with E-state index in [1.54, 1.807) is 0 Å². The molecule has 2 heterocycles. The zero-order valence-electron chi connectivity index (χ0n) is 12.0. The number of rotatable bonds is 4. The molecule has 0 atom stereocenters. The van der Waals surface area contributed by atoms with E-state index in [-0.39, 0.29) is 0 Å². The summed E-state index contributed by atoms with van der Waals surface area (Å²) >= 11 is 0. The number of piperidine rings is 1. The van der Waals surface area contributed by atoms with Gasteiger partial charge >= 0.3 is 0 Å². The number of nitrogens with zero attached hydrogens (tertiary/aromatic N) is 4. The van der Waals surface area contributed by atoms with Gasteiger partial charge in [-0.2, -0.15) is 4.98 Å².